The summed E-state index contributed by atoms with van der Waals surface area (Å²) in [4.78, 5) is 32.9. The molecule has 2 heterocycles. The van der Waals surface area contributed by atoms with E-state index in [1.54, 1.807) is 11.0 Å². The SMILES string of the molecule is Cc1ccc(-c2cn(-c3ccc(C)cc3)c(NC(=O)CN(C(=O)c3cccs3)C(C)C)n2)cc1. The molecule has 0 radical (unpaired) electrons. The van der Waals surface area contributed by atoms with Crippen molar-refractivity contribution in [1.29, 1.82) is 0 Å². The van der Waals surface area contributed by atoms with Crippen molar-refractivity contribution in [3.05, 3.63) is 88.2 Å². The zero-order valence-corrected chi connectivity index (χ0v) is 20.6. The van der Waals surface area contributed by atoms with Crippen molar-refractivity contribution >= 4 is 29.1 Å². The van der Waals surface area contributed by atoms with Crippen LogP contribution in [0.5, 0.6) is 0 Å². The van der Waals surface area contributed by atoms with Crippen LogP contribution in [0, 0.1) is 13.8 Å². The van der Waals surface area contributed by atoms with E-state index in [9.17, 15) is 9.59 Å². The Morgan fingerprint density at radius 3 is 2.24 bits per heavy atom. The predicted molar refractivity (Wildman–Crippen MR) is 138 cm³/mol. The molecule has 4 rings (SSSR count). The highest BCUT2D eigenvalue weighted by atomic mass is 32.1. The quantitative estimate of drug-likeness (QED) is 0.375. The minimum atomic E-state index is -0.298. The van der Waals surface area contributed by atoms with Gasteiger partial charge in [-0.25, -0.2) is 4.98 Å². The Hall–Kier alpha value is -3.71. The number of aryl methyl sites for hydroxylation is 2. The second kappa shape index (κ2) is 10.1. The first-order chi connectivity index (χ1) is 16.3. The molecule has 0 saturated heterocycles. The summed E-state index contributed by atoms with van der Waals surface area (Å²) in [6.07, 6.45) is 1.92. The molecule has 4 aromatic rings. The van der Waals surface area contributed by atoms with E-state index in [4.69, 9.17) is 4.98 Å². The van der Waals surface area contributed by atoms with Gasteiger partial charge in [0.25, 0.3) is 5.91 Å². The second-order valence-corrected chi connectivity index (χ2v) is 9.52. The fourth-order valence-corrected chi connectivity index (χ4v) is 4.26. The molecular weight excluding hydrogens is 444 g/mol. The van der Waals surface area contributed by atoms with E-state index in [-0.39, 0.29) is 24.4 Å². The van der Waals surface area contributed by atoms with Crippen molar-refractivity contribution in [3.63, 3.8) is 0 Å². The molecule has 174 valence electrons. The third-order valence-electron chi connectivity index (χ3n) is 5.55. The number of carbonyl (C=O) groups excluding carboxylic acids is 2. The highest BCUT2D eigenvalue weighted by Crippen LogP contribution is 2.25. The van der Waals surface area contributed by atoms with Crippen LogP contribution in [-0.2, 0) is 4.79 Å². The van der Waals surface area contributed by atoms with Gasteiger partial charge in [0.1, 0.15) is 6.54 Å². The normalized spacial score (nSPS) is 11.0. The molecular formula is C27H28N4O2S. The summed E-state index contributed by atoms with van der Waals surface area (Å²) in [5.74, 6) is -0.0351. The summed E-state index contributed by atoms with van der Waals surface area (Å²) in [6, 6.07) is 19.6. The topological polar surface area (TPSA) is 67.2 Å². The van der Waals surface area contributed by atoms with Crippen molar-refractivity contribution < 1.29 is 9.59 Å². The molecule has 0 atom stereocenters. The van der Waals surface area contributed by atoms with Crippen LogP contribution in [0.1, 0.15) is 34.6 Å². The van der Waals surface area contributed by atoms with Crippen LogP contribution >= 0.6 is 11.3 Å². The molecule has 0 spiro atoms. The lowest BCUT2D eigenvalue weighted by Crippen LogP contribution is -2.42. The van der Waals surface area contributed by atoms with Gasteiger partial charge < -0.3 is 4.90 Å². The number of thiophene rings is 1. The summed E-state index contributed by atoms with van der Waals surface area (Å²) in [7, 11) is 0. The number of benzene rings is 2. The number of anilines is 1. The van der Waals surface area contributed by atoms with Gasteiger partial charge in [0.05, 0.1) is 10.6 Å². The third-order valence-corrected chi connectivity index (χ3v) is 6.40. The molecule has 0 bridgehead atoms. The summed E-state index contributed by atoms with van der Waals surface area (Å²) in [5, 5.41) is 4.79. The van der Waals surface area contributed by atoms with Crippen LogP contribution in [0.15, 0.2) is 72.2 Å². The Kier molecular flexibility index (Phi) is 6.93. The van der Waals surface area contributed by atoms with Crippen molar-refractivity contribution in [2.45, 2.75) is 33.7 Å². The van der Waals surface area contributed by atoms with Crippen LogP contribution in [0.4, 0.5) is 5.95 Å². The average Bonchev–Trinajstić information content (AvgIpc) is 3.49. The molecule has 0 fully saturated rings. The Bertz CT molecular complexity index is 1270. The van der Waals surface area contributed by atoms with Gasteiger partial charge in [-0.15, -0.1) is 11.3 Å². The number of nitrogens with zero attached hydrogens (tertiary/aromatic N) is 3. The zero-order chi connectivity index (χ0) is 24.2. The smallest absolute Gasteiger partial charge is 0.264 e. The lowest BCUT2D eigenvalue weighted by atomic mass is 10.1. The van der Waals surface area contributed by atoms with E-state index in [1.165, 1.54) is 16.9 Å². The third kappa shape index (κ3) is 5.26. The summed E-state index contributed by atoms with van der Waals surface area (Å²) in [5.41, 5.74) is 4.92. The summed E-state index contributed by atoms with van der Waals surface area (Å²) in [6.45, 7) is 7.82. The number of hydrogen-bond acceptors (Lipinski definition) is 4. The van der Waals surface area contributed by atoms with Gasteiger partial charge in [-0.2, -0.15) is 0 Å². The van der Waals surface area contributed by atoms with Gasteiger partial charge in [-0.1, -0.05) is 53.6 Å². The lowest BCUT2D eigenvalue weighted by Gasteiger charge is -2.25. The number of carbonyl (C=O) groups is 2. The van der Waals surface area contributed by atoms with Gasteiger partial charge in [-0.3, -0.25) is 19.5 Å². The molecule has 0 unspecified atom stereocenters. The maximum absolute atomic E-state index is 13.1. The second-order valence-electron chi connectivity index (χ2n) is 8.57. The van der Waals surface area contributed by atoms with E-state index in [2.05, 4.69) is 5.32 Å². The number of aromatic nitrogens is 2. The average molecular weight is 473 g/mol. The molecule has 6 nitrogen and oxygen atoms in total. The molecule has 0 saturated carbocycles. The lowest BCUT2D eigenvalue weighted by molar-refractivity contribution is -0.117. The number of amides is 2. The molecule has 2 amide bonds. The van der Waals surface area contributed by atoms with Gasteiger partial charge in [0, 0.05) is 23.5 Å². The Labute approximate surface area is 203 Å². The van der Waals surface area contributed by atoms with E-state index in [1.807, 2.05) is 98.4 Å². The van der Waals surface area contributed by atoms with Gasteiger partial charge >= 0.3 is 0 Å². The van der Waals surface area contributed by atoms with Crippen LogP contribution in [0.25, 0.3) is 16.9 Å². The fraction of sp³-hybridized carbons (Fsp3) is 0.222. The molecule has 2 aromatic carbocycles. The Balaban J connectivity index is 1.62. The summed E-state index contributed by atoms with van der Waals surface area (Å²) < 4.78 is 1.87. The van der Waals surface area contributed by atoms with Gasteiger partial charge in [0.15, 0.2) is 0 Å². The molecule has 0 aliphatic heterocycles. The van der Waals surface area contributed by atoms with Crippen molar-refractivity contribution in [2.24, 2.45) is 0 Å². The molecule has 0 aliphatic carbocycles. The zero-order valence-electron chi connectivity index (χ0n) is 19.8. The first-order valence-corrected chi connectivity index (χ1v) is 12.1. The van der Waals surface area contributed by atoms with E-state index in [0.29, 0.717) is 10.8 Å². The van der Waals surface area contributed by atoms with Crippen molar-refractivity contribution in [3.8, 4) is 16.9 Å². The molecule has 0 aliphatic rings. The van der Waals surface area contributed by atoms with Gasteiger partial charge in [-0.05, 0) is 51.3 Å². The van der Waals surface area contributed by atoms with E-state index in [0.717, 1.165) is 22.5 Å². The highest BCUT2D eigenvalue weighted by Gasteiger charge is 2.23. The predicted octanol–water partition coefficient (Wildman–Crippen LogP) is 5.71. The Morgan fingerprint density at radius 1 is 1.00 bits per heavy atom. The minimum absolute atomic E-state index is 0.0605. The fourth-order valence-electron chi connectivity index (χ4n) is 3.58. The standard InChI is InChI=1S/C27H28N4O2S/c1-18(2)30(26(33)24-6-5-15-34-24)17-25(32)29-27-28-23(21-11-7-19(3)8-12-21)16-31(27)22-13-9-20(4)10-14-22/h5-16,18H,17H2,1-4H3,(H,28,29,32). The maximum Gasteiger partial charge on any atom is 0.264 e. The van der Waals surface area contributed by atoms with Crippen molar-refractivity contribution in [2.75, 3.05) is 11.9 Å². The minimum Gasteiger partial charge on any atom is -0.326 e. The molecule has 1 N–H and O–H groups in total. The van der Waals surface area contributed by atoms with Crippen molar-refractivity contribution in [1.82, 2.24) is 14.5 Å². The number of imidazole rings is 1. The first kappa shape index (κ1) is 23.4. The van der Waals surface area contributed by atoms with Crippen LogP contribution in [-0.4, -0.2) is 38.9 Å². The largest absolute Gasteiger partial charge is 0.326 e. The van der Waals surface area contributed by atoms with Crippen LogP contribution in [0.3, 0.4) is 0 Å². The number of nitrogens with one attached hydrogen (secondary N) is 1. The molecule has 7 heteroatoms. The van der Waals surface area contributed by atoms with Gasteiger partial charge in [0.2, 0.25) is 11.9 Å². The first-order valence-electron chi connectivity index (χ1n) is 11.2. The molecule has 34 heavy (non-hydrogen) atoms. The maximum atomic E-state index is 13.1. The number of hydrogen-bond donors (Lipinski definition) is 1. The monoisotopic (exact) mass is 472 g/mol. The van der Waals surface area contributed by atoms with E-state index >= 15 is 0 Å². The van der Waals surface area contributed by atoms with Crippen LogP contribution in [0.2, 0.25) is 0 Å². The van der Waals surface area contributed by atoms with E-state index < -0.39 is 0 Å². The number of rotatable bonds is 7. The summed E-state index contributed by atoms with van der Waals surface area (Å²) >= 11 is 1.37. The highest BCUT2D eigenvalue weighted by molar-refractivity contribution is 7.12. The molecule has 2 aromatic heterocycles. The van der Waals surface area contributed by atoms with Crippen LogP contribution < -0.4 is 5.32 Å². The Morgan fingerprint density at radius 2 is 1.65 bits per heavy atom.